The van der Waals surface area contributed by atoms with Gasteiger partial charge in [-0.3, -0.25) is 9.59 Å². The van der Waals surface area contributed by atoms with Crippen LogP contribution in [0.1, 0.15) is 41.8 Å². The molecule has 0 bridgehead atoms. The summed E-state index contributed by atoms with van der Waals surface area (Å²) >= 11 is 5.90. The summed E-state index contributed by atoms with van der Waals surface area (Å²) in [6, 6.07) is 12.1. The number of benzene rings is 2. The highest BCUT2D eigenvalue weighted by atomic mass is 35.5. The summed E-state index contributed by atoms with van der Waals surface area (Å²) in [4.78, 5) is 27.8. The molecule has 0 saturated heterocycles. The molecule has 0 aliphatic carbocycles. The van der Waals surface area contributed by atoms with E-state index in [1.54, 1.807) is 31.4 Å². The number of halogens is 1. The summed E-state index contributed by atoms with van der Waals surface area (Å²) in [5, 5.41) is 3.50. The average molecular weight is 415 g/mol. The minimum atomic E-state index is -0.565. The number of ether oxygens (including phenoxy) is 1. The topological polar surface area (TPSA) is 58.6 Å². The van der Waals surface area contributed by atoms with Crippen molar-refractivity contribution in [3.63, 3.8) is 0 Å². The second kappa shape index (κ2) is 9.31. The summed E-state index contributed by atoms with van der Waals surface area (Å²) in [6.45, 7) is 5.26. The Kier molecular flexibility index (Phi) is 6.80. The predicted octanol–water partition coefficient (Wildman–Crippen LogP) is 4.08. The molecule has 154 valence electrons. The van der Waals surface area contributed by atoms with Crippen molar-refractivity contribution in [1.29, 1.82) is 0 Å². The van der Waals surface area contributed by atoms with Gasteiger partial charge in [-0.15, -0.1) is 0 Å². The summed E-state index contributed by atoms with van der Waals surface area (Å²) < 4.78 is 5.32. The van der Waals surface area contributed by atoms with Crippen molar-refractivity contribution in [2.45, 2.75) is 39.3 Å². The molecule has 2 amide bonds. The van der Waals surface area contributed by atoms with Gasteiger partial charge in [0.05, 0.1) is 7.11 Å². The molecular weight excluding hydrogens is 388 g/mol. The Morgan fingerprint density at radius 3 is 2.52 bits per heavy atom. The van der Waals surface area contributed by atoms with Gasteiger partial charge in [0.2, 0.25) is 5.91 Å². The number of amides is 2. The van der Waals surface area contributed by atoms with Crippen LogP contribution < -0.4 is 10.1 Å². The zero-order valence-corrected chi connectivity index (χ0v) is 17.8. The molecule has 1 atom stereocenters. The van der Waals surface area contributed by atoms with Crippen LogP contribution in [0.15, 0.2) is 42.5 Å². The van der Waals surface area contributed by atoms with Gasteiger partial charge >= 0.3 is 0 Å². The number of rotatable bonds is 6. The Hall–Kier alpha value is -2.53. The highest BCUT2D eigenvalue weighted by Crippen LogP contribution is 2.25. The Morgan fingerprint density at radius 2 is 1.86 bits per heavy atom. The second-order valence-electron chi connectivity index (χ2n) is 7.81. The first-order valence-electron chi connectivity index (χ1n) is 9.88. The Morgan fingerprint density at radius 1 is 1.14 bits per heavy atom. The molecule has 6 heteroatoms. The predicted molar refractivity (Wildman–Crippen MR) is 114 cm³/mol. The van der Waals surface area contributed by atoms with Gasteiger partial charge < -0.3 is 15.0 Å². The van der Waals surface area contributed by atoms with E-state index in [4.69, 9.17) is 16.3 Å². The van der Waals surface area contributed by atoms with Gasteiger partial charge in [0.1, 0.15) is 11.8 Å². The molecule has 0 spiro atoms. The van der Waals surface area contributed by atoms with Gasteiger partial charge in [-0.1, -0.05) is 31.5 Å². The second-order valence-corrected chi connectivity index (χ2v) is 8.24. The van der Waals surface area contributed by atoms with Crippen molar-refractivity contribution in [1.82, 2.24) is 10.2 Å². The van der Waals surface area contributed by atoms with Crippen LogP contribution in [0.2, 0.25) is 5.02 Å². The zero-order valence-electron chi connectivity index (χ0n) is 17.1. The quantitative estimate of drug-likeness (QED) is 0.774. The van der Waals surface area contributed by atoms with Crippen LogP contribution in [0.4, 0.5) is 0 Å². The SMILES string of the molecule is COc1ccc2c(c1)CN(C(=O)C(CC(C)C)NC(=O)c1ccc(Cl)cc1)CC2. The molecule has 5 nitrogen and oxygen atoms in total. The lowest BCUT2D eigenvalue weighted by Crippen LogP contribution is -2.50. The number of hydrogen-bond acceptors (Lipinski definition) is 3. The van der Waals surface area contributed by atoms with Crippen LogP contribution >= 0.6 is 11.6 Å². The van der Waals surface area contributed by atoms with E-state index >= 15 is 0 Å². The fraction of sp³-hybridized carbons (Fsp3) is 0.391. The third-order valence-electron chi connectivity index (χ3n) is 5.15. The minimum absolute atomic E-state index is 0.0468. The molecule has 3 rings (SSSR count). The van der Waals surface area contributed by atoms with Crippen molar-refractivity contribution in [2.24, 2.45) is 5.92 Å². The van der Waals surface area contributed by atoms with Gasteiger partial charge in [0.25, 0.3) is 5.91 Å². The largest absolute Gasteiger partial charge is 0.497 e. The monoisotopic (exact) mass is 414 g/mol. The molecule has 1 aliphatic heterocycles. The van der Waals surface area contributed by atoms with Crippen molar-refractivity contribution in [3.8, 4) is 5.75 Å². The number of carbonyl (C=O) groups excluding carboxylic acids is 2. The number of carbonyl (C=O) groups is 2. The fourth-order valence-electron chi connectivity index (χ4n) is 3.60. The fourth-order valence-corrected chi connectivity index (χ4v) is 3.73. The molecule has 1 heterocycles. The van der Waals surface area contributed by atoms with Crippen LogP contribution in [-0.2, 0) is 17.8 Å². The number of nitrogens with one attached hydrogen (secondary N) is 1. The first-order chi connectivity index (χ1) is 13.9. The highest BCUT2D eigenvalue weighted by molar-refractivity contribution is 6.30. The van der Waals surface area contributed by atoms with Gasteiger partial charge in [0, 0.05) is 23.7 Å². The maximum Gasteiger partial charge on any atom is 0.251 e. The van der Waals surface area contributed by atoms with Gasteiger partial charge in [0.15, 0.2) is 0 Å². The van der Waals surface area contributed by atoms with Crippen LogP contribution in [-0.4, -0.2) is 36.4 Å². The van der Waals surface area contributed by atoms with E-state index < -0.39 is 6.04 Å². The third kappa shape index (κ3) is 5.30. The molecule has 1 N–H and O–H groups in total. The normalized spacial score (nSPS) is 14.3. The van der Waals surface area contributed by atoms with Crippen LogP contribution in [0.25, 0.3) is 0 Å². The number of methoxy groups -OCH3 is 1. The number of fused-ring (bicyclic) bond motifs is 1. The summed E-state index contributed by atoms with van der Waals surface area (Å²) in [5.74, 6) is 0.744. The molecule has 2 aromatic carbocycles. The summed E-state index contributed by atoms with van der Waals surface area (Å²) in [5.41, 5.74) is 2.82. The van der Waals surface area contributed by atoms with E-state index in [1.807, 2.05) is 30.9 Å². The summed E-state index contributed by atoms with van der Waals surface area (Å²) in [7, 11) is 1.64. The van der Waals surface area contributed by atoms with E-state index in [1.165, 1.54) is 5.56 Å². The molecule has 29 heavy (non-hydrogen) atoms. The van der Waals surface area contributed by atoms with Crippen molar-refractivity contribution >= 4 is 23.4 Å². The highest BCUT2D eigenvalue weighted by Gasteiger charge is 2.29. The molecule has 1 aliphatic rings. The molecule has 0 fully saturated rings. The van der Waals surface area contributed by atoms with E-state index in [-0.39, 0.29) is 17.7 Å². The molecule has 1 unspecified atom stereocenters. The van der Waals surface area contributed by atoms with Crippen molar-refractivity contribution in [2.75, 3.05) is 13.7 Å². The van der Waals surface area contributed by atoms with Gasteiger partial charge in [-0.2, -0.15) is 0 Å². The Balaban J connectivity index is 1.75. The van der Waals surface area contributed by atoms with Gasteiger partial charge in [-0.25, -0.2) is 0 Å². The van der Waals surface area contributed by atoms with Crippen molar-refractivity contribution in [3.05, 3.63) is 64.2 Å². The smallest absolute Gasteiger partial charge is 0.251 e. The number of hydrogen-bond donors (Lipinski definition) is 1. The van der Waals surface area contributed by atoms with Crippen LogP contribution in [0.3, 0.4) is 0 Å². The Labute approximate surface area is 177 Å². The lowest BCUT2D eigenvalue weighted by Gasteiger charge is -2.33. The molecular formula is C23H27ClN2O3. The van der Waals surface area contributed by atoms with Crippen LogP contribution in [0, 0.1) is 5.92 Å². The third-order valence-corrected chi connectivity index (χ3v) is 5.41. The minimum Gasteiger partial charge on any atom is -0.497 e. The number of nitrogens with zero attached hydrogens (tertiary/aromatic N) is 1. The van der Waals surface area contributed by atoms with E-state index in [0.29, 0.717) is 30.1 Å². The van der Waals surface area contributed by atoms with E-state index in [0.717, 1.165) is 17.7 Å². The lowest BCUT2D eigenvalue weighted by atomic mass is 9.97. The first-order valence-corrected chi connectivity index (χ1v) is 10.3. The maximum absolute atomic E-state index is 13.3. The van der Waals surface area contributed by atoms with Crippen molar-refractivity contribution < 1.29 is 14.3 Å². The average Bonchev–Trinajstić information content (AvgIpc) is 2.72. The summed E-state index contributed by atoms with van der Waals surface area (Å²) in [6.07, 6.45) is 1.38. The maximum atomic E-state index is 13.3. The molecule has 0 aromatic heterocycles. The molecule has 0 saturated carbocycles. The lowest BCUT2D eigenvalue weighted by molar-refractivity contribution is -0.134. The van der Waals surface area contributed by atoms with E-state index in [9.17, 15) is 9.59 Å². The molecule has 0 radical (unpaired) electrons. The first kappa shape index (κ1) is 21.2. The van der Waals surface area contributed by atoms with Gasteiger partial charge in [-0.05, 0) is 66.3 Å². The Bertz CT molecular complexity index is 880. The van der Waals surface area contributed by atoms with E-state index in [2.05, 4.69) is 11.4 Å². The standard InChI is InChI=1S/C23H27ClN2O3/c1-15(2)12-21(25-22(27)17-4-7-19(24)8-5-17)23(28)26-11-10-16-6-9-20(29-3)13-18(16)14-26/h4-9,13,15,21H,10-12,14H2,1-3H3,(H,25,27). The van der Waals surface area contributed by atoms with Crippen LogP contribution in [0.5, 0.6) is 5.75 Å². The zero-order chi connectivity index (χ0) is 21.0. The molecule has 2 aromatic rings.